The van der Waals surface area contributed by atoms with Crippen molar-refractivity contribution >= 4 is 64.6 Å². The molecule has 0 spiro atoms. The van der Waals surface area contributed by atoms with Crippen LogP contribution in [-0.2, 0) is 0 Å². The van der Waals surface area contributed by atoms with Crippen molar-refractivity contribution in [3.8, 4) is 28.4 Å². The normalized spacial score (nSPS) is 12.6. The zero-order valence-corrected chi connectivity index (χ0v) is 24.5. The summed E-state index contributed by atoms with van der Waals surface area (Å²) in [6.07, 6.45) is 2.06. The number of hydrogen-bond donors (Lipinski definition) is 0. The first kappa shape index (κ1) is 25.8. The van der Waals surface area contributed by atoms with E-state index < -0.39 is 0 Å². The van der Waals surface area contributed by atoms with E-state index in [2.05, 4.69) is 155 Å². The number of benzene rings is 7. The second-order valence-corrected chi connectivity index (χ2v) is 11.6. The van der Waals surface area contributed by atoms with Crippen molar-refractivity contribution in [2.24, 2.45) is 10.1 Å². The van der Waals surface area contributed by atoms with Gasteiger partial charge >= 0.3 is 0 Å². The monoisotopic (exact) mass is 582 g/mol. The number of fused-ring (bicyclic) bond motifs is 8. The van der Waals surface area contributed by atoms with Gasteiger partial charge in [0.05, 0.1) is 10.5 Å². The molecule has 0 N–H and O–H groups in total. The zero-order chi connectivity index (χ0) is 30.8. The molecule has 46 heavy (non-hydrogen) atoms. The SMILES string of the molecule is [C-]#[N+]N=c1c2cc(-c3cccc4ccccc34)ccc2c2cc3c(=NC#N)c4cc(-c5cccc6ccccc56)ccc4c3cc12. The summed E-state index contributed by atoms with van der Waals surface area (Å²) in [5.74, 6) is 0. The molecule has 0 aliphatic carbocycles. The van der Waals surface area contributed by atoms with Gasteiger partial charge in [0, 0.05) is 21.5 Å². The summed E-state index contributed by atoms with van der Waals surface area (Å²) in [5.41, 5.74) is 4.42. The Balaban J connectivity index is 1.33. The predicted molar refractivity (Wildman–Crippen MR) is 188 cm³/mol. The first-order chi connectivity index (χ1) is 22.7. The molecule has 0 amide bonds. The smallest absolute Gasteiger partial charge is 0.181 e. The Morgan fingerprint density at radius 1 is 0.457 bits per heavy atom. The Bertz CT molecular complexity index is 2730. The summed E-state index contributed by atoms with van der Waals surface area (Å²) in [6, 6.07) is 46.5. The lowest BCUT2D eigenvalue weighted by atomic mass is 9.97. The Morgan fingerprint density at radius 2 is 0.935 bits per heavy atom. The second kappa shape index (κ2) is 9.96. The van der Waals surface area contributed by atoms with Crippen molar-refractivity contribution in [1.29, 1.82) is 5.26 Å². The van der Waals surface area contributed by atoms with E-state index in [9.17, 15) is 5.26 Å². The minimum atomic E-state index is 0.668. The Labute approximate surface area is 263 Å². The van der Waals surface area contributed by atoms with Gasteiger partial charge in [0.2, 0.25) is 6.19 Å². The van der Waals surface area contributed by atoms with Gasteiger partial charge in [0.15, 0.2) is 5.36 Å². The summed E-state index contributed by atoms with van der Waals surface area (Å²) in [7, 11) is 0. The van der Waals surface area contributed by atoms with Crippen LogP contribution in [0.2, 0.25) is 0 Å². The van der Waals surface area contributed by atoms with Crippen LogP contribution in [0.15, 0.2) is 144 Å². The molecule has 9 rings (SSSR count). The molecular weight excluding hydrogens is 560 g/mol. The van der Waals surface area contributed by atoms with E-state index in [0.29, 0.717) is 10.7 Å². The van der Waals surface area contributed by atoms with Crippen LogP contribution < -0.4 is 10.7 Å². The molecule has 0 heterocycles. The average molecular weight is 583 g/mol. The van der Waals surface area contributed by atoms with Crippen molar-refractivity contribution in [3.63, 3.8) is 0 Å². The molecule has 0 bridgehead atoms. The third kappa shape index (κ3) is 3.72. The van der Waals surface area contributed by atoms with Crippen LogP contribution in [0, 0.1) is 18.0 Å². The van der Waals surface area contributed by atoms with Crippen LogP contribution in [-0.4, -0.2) is 0 Å². The molecule has 0 fully saturated rings. The van der Waals surface area contributed by atoms with Crippen molar-refractivity contribution < 1.29 is 0 Å². The number of rotatable bonds is 2. The predicted octanol–water partition coefficient (Wildman–Crippen LogP) is 9.93. The lowest BCUT2D eigenvalue weighted by molar-refractivity contribution is 1.37. The van der Waals surface area contributed by atoms with Crippen molar-refractivity contribution in [1.82, 2.24) is 0 Å². The van der Waals surface area contributed by atoms with Crippen LogP contribution in [0.25, 0.3) is 91.8 Å². The lowest BCUT2D eigenvalue weighted by Crippen LogP contribution is -1.99. The highest BCUT2D eigenvalue weighted by molar-refractivity contribution is 6.22. The number of hydrogen-bond acceptors (Lipinski definition) is 3. The third-order valence-electron chi connectivity index (χ3n) is 9.31. The van der Waals surface area contributed by atoms with Gasteiger partial charge in [-0.2, -0.15) is 16.8 Å². The molecule has 4 heteroatoms. The molecule has 4 nitrogen and oxygen atoms in total. The van der Waals surface area contributed by atoms with Crippen LogP contribution in [0.5, 0.6) is 0 Å². The fourth-order valence-corrected chi connectivity index (χ4v) is 7.29. The highest BCUT2D eigenvalue weighted by Gasteiger charge is 2.18. The van der Waals surface area contributed by atoms with Crippen LogP contribution >= 0.6 is 0 Å². The van der Waals surface area contributed by atoms with Crippen molar-refractivity contribution in [3.05, 3.63) is 156 Å². The molecule has 9 aromatic carbocycles. The van der Waals surface area contributed by atoms with Gasteiger partial charge < -0.3 is 0 Å². The molecular formula is C42H22N4. The molecule has 0 aliphatic rings. The van der Waals surface area contributed by atoms with E-state index in [1.54, 1.807) is 0 Å². The molecule has 0 atom stereocenters. The topological polar surface area (TPSA) is 52.9 Å². The first-order valence-corrected chi connectivity index (χ1v) is 15.1. The minimum Gasteiger partial charge on any atom is -0.181 e. The van der Waals surface area contributed by atoms with Gasteiger partial charge in [-0.25, -0.2) is 0 Å². The average Bonchev–Trinajstić information content (AvgIpc) is 3.57. The second-order valence-electron chi connectivity index (χ2n) is 11.6. The number of nitrogens with zero attached hydrogens (tertiary/aromatic N) is 4. The van der Waals surface area contributed by atoms with Gasteiger partial charge in [-0.1, -0.05) is 109 Å². The summed E-state index contributed by atoms with van der Waals surface area (Å²) < 4.78 is 0. The van der Waals surface area contributed by atoms with Gasteiger partial charge in [-0.3, -0.25) is 0 Å². The van der Waals surface area contributed by atoms with E-state index in [1.807, 2.05) is 0 Å². The van der Waals surface area contributed by atoms with Gasteiger partial charge in [-0.15, -0.1) is 4.95 Å². The standard InChI is InChI=1S/C42H22N4/c1-44-46-42-38-21-28(32-15-7-11-26-9-3-5-13-30(26)32)17-19-34(38)36-22-39-35(23-40(36)42)33-18-16-27(20-37(33)41(39)45-24-43)31-14-6-10-25-8-2-4-12-29(25)31/h2-23H. The summed E-state index contributed by atoms with van der Waals surface area (Å²) >= 11 is 0. The fourth-order valence-electron chi connectivity index (χ4n) is 7.29. The molecule has 0 aliphatic heterocycles. The van der Waals surface area contributed by atoms with Crippen molar-refractivity contribution in [2.75, 3.05) is 0 Å². The fraction of sp³-hybridized carbons (Fsp3) is 0. The van der Waals surface area contributed by atoms with Gasteiger partial charge in [-0.05, 0) is 89.6 Å². The molecule has 0 radical (unpaired) electrons. The Morgan fingerprint density at radius 3 is 1.48 bits per heavy atom. The molecule has 0 aromatic heterocycles. The van der Waals surface area contributed by atoms with Crippen LogP contribution in [0.4, 0.5) is 0 Å². The molecule has 210 valence electrons. The summed E-state index contributed by atoms with van der Waals surface area (Å²) in [5, 5.41) is 27.9. The van der Waals surface area contributed by atoms with E-state index in [1.165, 1.54) is 21.5 Å². The first-order valence-electron chi connectivity index (χ1n) is 15.1. The third-order valence-corrected chi connectivity index (χ3v) is 9.31. The quantitative estimate of drug-likeness (QED) is 0.114. The van der Waals surface area contributed by atoms with Crippen LogP contribution in [0.1, 0.15) is 0 Å². The zero-order valence-electron chi connectivity index (χ0n) is 24.5. The maximum absolute atomic E-state index is 9.79. The Kier molecular flexibility index (Phi) is 5.59. The van der Waals surface area contributed by atoms with E-state index in [4.69, 9.17) is 6.57 Å². The maximum atomic E-state index is 9.79. The van der Waals surface area contributed by atoms with E-state index in [-0.39, 0.29) is 0 Å². The minimum absolute atomic E-state index is 0.668. The van der Waals surface area contributed by atoms with Gasteiger partial charge in [0.1, 0.15) is 0 Å². The number of nitriles is 1. The highest BCUT2D eigenvalue weighted by atomic mass is 15.2. The molecule has 0 saturated heterocycles. The summed E-state index contributed by atoms with van der Waals surface area (Å²) in [4.78, 5) is 7.86. The Hall–Kier alpha value is -6.62. The van der Waals surface area contributed by atoms with Gasteiger partial charge in [0.25, 0.3) is 0 Å². The highest BCUT2D eigenvalue weighted by Crippen LogP contribution is 2.37. The summed E-state index contributed by atoms with van der Waals surface area (Å²) in [6.45, 7) is 7.68. The lowest BCUT2D eigenvalue weighted by Gasteiger charge is -2.07. The maximum Gasteiger partial charge on any atom is 0.206 e. The van der Waals surface area contributed by atoms with Crippen molar-refractivity contribution in [2.45, 2.75) is 0 Å². The van der Waals surface area contributed by atoms with E-state index in [0.717, 1.165) is 65.3 Å². The molecule has 9 aromatic rings. The molecule has 0 saturated carbocycles. The largest absolute Gasteiger partial charge is 0.206 e. The van der Waals surface area contributed by atoms with E-state index >= 15 is 0 Å². The van der Waals surface area contributed by atoms with Crippen LogP contribution in [0.3, 0.4) is 0 Å². The molecule has 0 unspecified atom stereocenters.